The van der Waals surface area contributed by atoms with Crippen LogP contribution in [0.5, 0.6) is 0 Å². The Morgan fingerprint density at radius 1 is 1.11 bits per heavy atom. The average molecular weight is 406 g/mol. The van der Waals surface area contributed by atoms with Gasteiger partial charge in [-0.15, -0.1) is 0 Å². The van der Waals surface area contributed by atoms with Gasteiger partial charge in [0.2, 0.25) is 0 Å². The summed E-state index contributed by atoms with van der Waals surface area (Å²) in [5.41, 5.74) is 5.93. The van der Waals surface area contributed by atoms with Crippen LogP contribution in [-0.2, 0) is 11.4 Å². The van der Waals surface area contributed by atoms with E-state index in [1.54, 1.807) is 12.1 Å². The predicted molar refractivity (Wildman–Crippen MR) is 116 cm³/mol. The first-order valence-corrected chi connectivity index (χ1v) is 9.54. The van der Waals surface area contributed by atoms with Gasteiger partial charge in [0.15, 0.2) is 0 Å². The molecule has 4 nitrogen and oxygen atoms in total. The van der Waals surface area contributed by atoms with E-state index in [9.17, 15) is 0 Å². The molecule has 0 saturated heterocycles. The zero-order valence-electron chi connectivity index (χ0n) is 16.4. The monoisotopic (exact) mass is 405 g/mol. The van der Waals surface area contributed by atoms with Crippen LogP contribution in [0.3, 0.4) is 0 Å². The number of aliphatic imine (C=N–C) groups is 1. The summed E-state index contributed by atoms with van der Waals surface area (Å²) in [5.74, 6) is 0. The van der Waals surface area contributed by atoms with E-state index in [1.807, 2.05) is 38.2 Å². The zero-order valence-corrected chi connectivity index (χ0v) is 17.9. The molecule has 144 valence electrons. The Kier molecular flexibility index (Phi) is 7.69. The number of oxime groups is 1. The molecule has 0 aromatic heterocycles. The lowest BCUT2D eigenvalue weighted by molar-refractivity contribution is 0.130. The Morgan fingerprint density at radius 2 is 1.85 bits per heavy atom. The molecule has 0 bridgehead atoms. The van der Waals surface area contributed by atoms with Crippen molar-refractivity contribution in [3.8, 4) is 0 Å². The lowest BCUT2D eigenvalue weighted by Gasteiger charge is -2.12. The maximum atomic E-state index is 6.02. The highest BCUT2D eigenvalue weighted by Crippen LogP contribution is 2.25. The first-order valence-electron chi connectivity index (χ1n) is 8.78. The third-order valence-corrected chi connectivity index (χ3v) is 4.98. The fraction of sp³-hybridized carbons (Fsp3) is 0.333. The minimum atomic E-state index is 0.331. The Hall–Kier alpha value is -2.04. The lowest BCUT2D eigenvalue weighted by atomic mass is 10.0. The molecule has 0 saturated carbocycles. The number of nitrogens with zero attached hydrogens (tertiary/aromatic N) is 3. The lowest BCUT2D eigenvalue weighted by Crippen LogP contribution is -2.14. The minimum absolute atomic E-state index is 0.331. The molecule has 0 amide bonds. The summed E-state index contributed by atoms with van der Waals surface area (Å²) < 4.78 is 0. The summed E-state index contributed by atoms with van der Waals surface area (Å²) >= 11 is 11.9. The number of benzene rings is 2. The molecule has 0 heterocycles. The van der Waals surface area contributed by atoms with Crippen molar-refractivity contribution in [2.24, 2.45) is 10.1 Å². The highest BCUT2D eigenvalue weighted by atomic mass is 35.5. The average Bonchev–Trinajstić information content (AvgIpc) is 2.64. The molecule has 2 aromatic rings. The van der Waals surface area contributed by atoms with Gasteiger partial charge in [-0.3, -0.25) is 0 Å². The third kappa shape index (κ3) is 5.98. The van der Waals surface area contributed by atoms with E-state index in [2.05, 4.69) is 36.1 Å². The molecule has 0 N–H and O–H groups in total. The fourth-order valence-electron chi connectivity index (χ4n) is 2.45. The van der Waals surface area contributed by atoms with E-state index < -0.39 is 0 Å². The van der Waals surface area contributed by atoms with Crippen LogP contribution in [0.15, 0.2) is 40.5 Å². The van der Waals surface area contributed by atoms with E-state index in [0.29, 0.717) is 16.7 Å². The van der Waals surface area contributed by atoms with Crippen molar-refractivity contribution >= 4 is 40.9 Å². The van der Waals surface area contributed by atoms with Crippen molar-refractivity contribution < 1.29 is 4.84 Å². The number of rotatable bonds is 7. The van der Waals surface area contributed by atoms with E-state index >= 15 is 0 Å². The number of hydrogen-bond donors (Lipinski definition) is 0. The molecule has 0 aliphatic rings. The third-order valence-electron chi connectivity index (χ3n) is 4.24. The van der Waals surface area contributed by atoms with Gasteiger partial charge in [0, 0.05) is 19.2 Å². The number of hydrogen-bond acceptors (Lipinski definition) is 3. The summed E-state index contributed by atoms with van der Waals surface area (Å²) in [7, 11) is 2.00. The van der Waals surface area contributed by atoms with Gasteiger partial charge in [-0.1, -0.05) is 34.4 Å². The predicted octanol–water partition coefficient (Wildman–Crippen LogP) is 6.16. The molecule has 0 radical (unpaired) electrons. The van der Waals surface area contributed by atoms with Gasteiger partial charge < -0.3 is 9.74 Å². The second kappa shape index (κ2) is 9.77. The van der Waals surface area contributed by atoms with Crippen LogP contribution in [0.4, 0.5) is 5.69 Å². The maximum absolute atomic E-state index is 6.02. The molecule has 2 rings (SSSR count). The molecule has 0 aliphatic heterocycles. The topological polar surface area (TPSA) is 37.2 Å². The summed E-state index contributed by atoms with van der Waals surface area (Å²) in [6.07, 6.45) is 1.85. The van der Waals surface area contributed by atoms with Crippen molar-refractivity contribution in [1.82, 2.24) is 4.90 Å². The van der Waals surface area contributed by atoms with Crippen molar-refractivity contribution in [2.45, 2.75) is 34.3 Å². The normalized spacial score (nSPS) is 11.9. The molecule has 0 fully saturated rings. The molecule has 0 spiro atoms. The Morgan fingerprint density at radius 3 is 2.52 bits per heavy atom. The highest BCUT2D eigenvalue weighted by molar-refractivity contribution is 6.42. The molecule has 0 unspecified atom stereocenters. The Balaban J connectivity index is 2.11. The van der Waals surface area contributed by atoms with E-state index in [-0.39, 0.29) is 0 Å². The first-order chi connectivity index (χ1) is 12.8. The second-order valence-corrected chi connectivity index (χ2v) is 7.28. The van der Waals surface area contributed by atoms with Crippen LogP contribution in [0.1, 0.15) is 36.1 Å². The van der Waals surface area contributed by atoms with Crippen molar-refractivity contribution in [2.75, 3.05) is 13.6 Å². The van der Waals surface area contributed by atoms with Gasteiger partial charge in [-0.05, 0) is 68.7 Å². The van der Waals surface area contributed by atoms with Crippen LogP contribution < -0.4 is 0 Å². The van der Waals surface area contributed by atoms with E-state index in [0.717, 1.165) is 40.2 Å². The highest BCUT2D eigenvalue weighted by Gasteiger charge is 2.08. The number of aryl methyl sites for hydroxylation is 2. The molecular formula is C21H25Cl2N3O. The van der Waals surface area contributed by atoms with Crippen LogP contribution in [0, 0.1) is 13.8 Å². The quantitative estimate of drug-likeness (QED) is 0.314. The van der Waals surface area contributed by atoms with E-state index in [4.69, 9.17) is 28.0 Å². The fourth-order valence-corrected chi connectivity index (χ4v) is 2.78. The minimum Gasteiger partial charge on any atom is -0.391 e. The molecule has 6 heteroatoms. The SMILES string of the molecule is CCN(C)C=Nc1cc(C)c(C(C)=NOCc2ccc(Cl)c(Cl)c2)cc1C. The van der Waals surface area contributed by atoms with Crippen molar-refractivity contribution in [1.29, 1.82) is 0 Å². The molecular weight excluding hydrogens is 381 g/mol. The molecule has 27 heavy (non-hydrogen) atoms. The first kappa shape index (κ1) is 21.3. The molecule has 0 aliphatic carbocycles. The van der Waals surface area contributed by atoms with Gasteiger partial charge in [-0.2, -0.15) is 0 Å². The van der Waals surface area contributed by atoms with Gasteiger partial charge in [-0.25, -0.2) is 4.99 Å². The van der Waals surface area contributed by atoms with E-state index in [1.165, 1.54) is 0 Å². The van der Waals surface area contributed by atoms with Gasteiger partial charge >= 0.3 is 0 Å². The van der Waals surface area contributed by atoms with Crippen molar-refractivity contribution in [3.63, 3.8) is 0 Å². The maximum Gasteiger partial charge on any atom is 0.142 e. The molecule has 2 aromatic carbocycles. The summed E-state index contributed by atoms with van der Waals surface area (Å²) in [6, 6.07) is 9.57. The van der Waals surface area contributed by atoms with Crippen LogP contribution in [-0.4, -0.2) is 30.5 Å². The Bertz CT molecular complexity index is 863. The summed E-state index contributed by atoms with van der Waals surface area (Å²) in [5, 5.41) is 5.29. The zero-order chi connectivity index (χ0) is 20.0. The molecule has 0 atom stereocenters. The summed E-state index contributed by atoms with van der Waals surface area (Å²) in [4.78, 5) is 12.1. The van der Waals surface area contributed by atoms with Gasteiger partial charge in [0.1, 0.15) is 6.61 Å². The number of halogens is 2. The smallest absolute Gasteiger partial charge is 0.142 e. The van der Waals surface area contributed by atoms with Crippen LogP contribution >= 0.6 is 23.2 Å². The standard InChI is InChI=1S/C21H25Cl2N3O/c1-6-26(5)13-24-21-10-14(2)18(9-15(21)3)16(4)25-27-12-17-7-8-19(22)20(23)11-17/h7-11,13H,6,12H2,1-5H3. The summed E-state index contributed by atoms with van der Waals surface area (Å²) in [6.45, 7) is 9.37. The Labute approximate surface area is 171 Å². The van der Waals surface area contributed by atoms with Crippen LogP contribution in [0.25, 0.3) is 0 Å². The van der Waals surface area contributed by atoms with Crippen molar-refractivity contribution in [3.05, 3.63) is 62.6 Å². The van der Waals surface area contributed by atoms with Gasteiger partial charge in [0.25, 0.3) is 0 Å². The van der Waals surface area contributed by atoms with Gasteiger partial charge in [0.05, 0.1) is 27.8 Å². The largest absolute Gasteiger partial charge is 0.391 e. The second-order valence-electron chi connectivity index (χ2n) is 6.47. The van der Waals surface area contributed by atoms with Crippen LogP contribution in [0.2, 0.25) is 10.0 Å².